The monoisotopic (exact) mass is 129 g/mol. The molecule has 1 saturated carbocycles. The van der Waals surface area contributed by atoms with E-state index >= 15 is 0 Å². The normalized spacial score (nSPS) is 36.0. The van der Waals surface area contributed by atoms with Crippen molar-refractivity contribution in [2.45, 2.75) is 31.4 Å². The lowest BCUT2D eigenvalue weighted by Gasteiger charge is -2.21. The van der Waals surface area contributed by atoms with Gasteiger partial charge in [0.25, 0.3) is 0 Å². The number of likely N-dealkylation sites (N-methyl/N-ethyl adjacent to an activating group) is 1. The van der Waals surface area contributed by atoms with Gasteiger partial charge in [-0.3, -0.25) is 0 Å². The van der Waals surface area contributed by atoms with Crippen molar-refractivity contribution in [3.05, 3.63) is 0 Å². The molecule has 0 spiro atoms. The second-order valence-electron chi connectivity index (χ2n) is 3.03. The average Bonchev–Trinajstić information content (AvgIpc) is 2.13. The molecule has 1 aliphatic carbocycles. The Labute approximate surface area is 56.5 Å². The van der Waals surface area contributed by atoms with Crippen LogP contribution < -0.4 is 0 Å². The van der Waals surface area contributed by atoms with Gasteiger partial charge in [-0.15, -0.1) is 0 Å². The zero-order valence-electron chi connectivity index (χ0n) is 6.17. The fourth-order valence-corrected chi connectivity index (χ4v) is 1.52. The summed E-state index contributed by atoms with van der Waals surface area (Å²) in [7, 11) is 4.05. The van der Waals surface area contributed by atoms with E-state index in [2.05, 4.69) is 4.90 Å². The average molecular weight is 129 g/mol. The summed E-state index contributed by atoms with van der Waals surface area (Å²) in [6, 6.07) is 0.421. The van der Waals surface area contributed by atoms with Gasteiger partial charge in [-0.2, -0.15) is 0 Å². The van der Waals surface area contributed by atoms with Crippen molar-refractivity contribution in [3.8, 4) is 0 Å². The first kappa shape index (κ1) is 7.03. The van der Waals surface area contributed by atoms with Crippen LogP contribution in [0.1, 0.15) is 19.3 Å². The Hall–Kier alpha value is -0.0800. The smallest absolute Gasteiger partial charge is 0.0695 e. The van der Waals surface area contributed by atoms with Gasteiger partial charge in [0.05, 0.1) is 6.10 Å². The Morgan fingerprint density at radius 3 is 2.22 bits per heavy atom. The molecule has 0 unspecified atom stereocenters. The van der Waals surface area contributed by atoms with Crippen LogP contribution in [-0.4, -0.2) is 36.2 Å². The van der Waals surface area contributed by atoms with Crippen LogP contribution in [0, 0.1) is 0 Å². The van der Waals surface area contributed by atoms with E-state index in [0.29, 0.717) is 6.04 Å². The van der Waals surface area contributed by atoms with Gasteiger partial charge in [-0.25, -0.2) is 0 Å². The van der Waals surface area contributed by atoms with E-state index in [-0.39, 0.29) is 6.10 Å². The van der Waals surface area contributed by atoms with Crippen molar-refractivity contribution in [2.24, 2.45) is 0 Å². The fourth-order valence-electron chi connectivity index (χ4n) is 1.52. The predicted octanol–water partition coefficient (Wildman–Crippen LogP) is 0.461. The van der Waals surface area contributed by atoms with E-state index in [1.165, 1.54) is 6.42 Å². The summed E-state index contributed by atoms with van der Waals surface area (Å²) in [5, 5.41) is 9.32. The largest absolute Gasteiger partial charge is 0.391 e. The number of aliphatic hydroxyl groups excluding tert-OH is 1. The van der Waals surface area contributed by atoms with Crippen LogP contribution in [0.15, 0.2) is 0 Å². The molecular weight excluding hydrogens is 114 g/mol. The molecule has 0 radical (unpaired) electrons. The maximum atomic E-state index is 9.32. The zero-order valence-corrected chi connectivity index (χ0v) is 6.17. The maximum absolute atomic E-state index is 9.32. The Balaban J connectivity index is 2.40. The van der Waals surface area contributed by atoms with Crippen LogP contribution in [-0.2, 0) is 0 Å². The number of aliphatic hydroxyl groups is 1. The highest BCUT2D eigenvalue weighted by atomic mass is 16.3. The Bertz CT molecular complexity index is 92.9. The molecule has 1 aliphatic rings. The highest BCUT2D eigenvalue weighted by Crippen LogP contribution is 2.21. The maximum Gasteiger partial charge on any atom is 0.0695 e. The SMILES string of the molecule is CN(C)[C@H]1CCC[C@H]1O. The topological polar surface area (TPSA) is 23.5 Å². The van der Waals surface area contributed by atoms with Gasteiger partial charge in [0.2, 0.25) is 0 Å². The summed E-state index contributed by atoms with van der Waals surface area (Å²) in [6.07, 6.45) is 3.26. The van der Waals surface area contributed by atoms with Crippen molar-refractivity contribution in [2.75, 3.05) is 14.1 Å². The molecule has 2 nitrogen and oxygen atoms in total. The van der Waals surface area contributed by atoms with Crippen LogP contribution in [0.4, 0.5) is 0 Å². The molecule has 0 aromatic rings. The Kier molecular flexibility index (Phi) is 2.09. The molecule has 0 saturated heterocycles. The van der Waals surface area contributed by atoms with Gasteiger partial charge in [-0.05, 0) is 33.4 Å². The number of nitrogens with zero attached hydrogens (tertiary/aromatic N) is 1. The summed E-state index contributed by atoms with van der Waals surface area (Å²) >= 11 is 0. The molecule has 0 heterocycles. The number of hydrogen-bond donors (Lipinski definition) is 1. The van der Waals surface area contributed by atoms with E-state index in [1.54, 1.807) is 0 Å². The third-order valence-electron chi connectivity index (χ3n) is 2.11. The van der Waals surface area contributed by atoms with Gasteiger partial charge < -0.3 is 10.0 Å². The van der Waals surface area contributed by atoms with Crippen molar-refractivity contribution in [3.63, 3.8) is 0 Å². The van der Waals surface area contributed by atoms with E-state index in [4.69, 9.17) is 0 Å². The molecule has 54 valence electrons. The van der Waals surface area contributed by atoms with Gasteiger partial charge >= 0.3 is 0 Å². The van der Waals surface area contributed by atoms with Gasteiger partial charge in [0.15, 0.2) is 0 Å². The number of hydrogen-bond acceptors (Lipinski definition) is 2. The first-order valence-corrected chi connectivity index (χ1v) is 3.56. The van der Waals surface area contributed by atoms with Crippen molar-refractivity contribution >= 4 is 0 Å². The molecule has 1 N–H and O–H groups in total. The molecule has 0 aliphatic heterocycles. The molecule has 1 fully saturated rings. The Morgan fingerprint density at radius 2 is 2.00 bits per heavy atom. The molecule has 0 aromatic carbocycles. The molecule has 0 amide bonds. The molecule has 9 heavy (non-hydrogen) atoms. The van der Waals surface area contributed by atoms with Gasteiger partial charge in [0.1, 0.15) is 0 Å². The molecule has 1 rings (SSSR count). The van der Waals surface area contributed by atoms with Gasteiger partial charge in [0, 0.05) is 6.04 Å². The third-order valence-corrected chi connectivity index (χ3v) is 2.11. The van der Waals surface area contributed by atoms with Crippen LogP contribution in [0.3, 0.4) is 0 Å². The van der Waals surface area contributed by atoms with E-state index < -0.39 is 0 Å². The van der Waals surface area contributed by atoms with E-state index in [1.807, 2.05) is 14.1 Å². The summed E-state index contributed by atoms with van der Waals surface area (Å²) in [5.41, 5.74) is 0. The zero-order chi connectivity index (χ0) is 6.85. The van der Waals surface area contributed by atoms with E-state index in [9.17, 15) is 5.11 Å². The highest BCUT2D eigenvalue weighted by Gasteiger charge is 2.26. The van der Waals surface area contributed by atoms with Crippen LogP contribution in [0.5, 0.6) is 0 Å². The summed E-state index contributed by atoms with van der Waals surface area (Å²) in [4.78, 5) is 2.11. The standard InChI is InChI=1S/C7H15NO/c1-8(2)6-4-3-5-7(6)9/h6-7,9H,3-5H2,1-2H3/t6-,7+/m0/s1. The van der Waals surface area contributed by atoms with Crippen molar-refractivity contribution in [1.29, 1.82) is 0 Å². The third kappa shape index (κ3) is 1.43. The minimum Gasteiger partial charge on any atom is -0.391 e. The number of rotatable bonds is 1. The van der Waals surface area contributed by atoms with E-state index in [0.717, 1.165) is 12.8 Å². The first-order chi connectivity index (χ1) is 4.22. The van der Waals surface area contributed by atoms with Crippen LogP contribution in [0.25, 0.3) is 0 Å². The van der Waals surface area contributed by atoms with Crippen molar-refractivity contribution < 1.29 is 5.11 Å². The summed E-state index contributed by atoms with van der Waals surface area (Å²) in [5.74, 6) is 0. The lowest BCUT2D eigenvalue weighted by Crippen LogP contribution is -2.34. The lowest BCUT2D eigenvalue weighted by molar-refractivity contribution is 0.100. The first-order valence-electron chi connectivity index (χ1n) is 3.56. The van der Waals surface area contributed by atoms with Crippen molar-refractivity contribution in [1.82, 2.24) is 4.90 Å². The van der Waals surface area contributed by atoms with Crippen LogP contribution in [0.2, 0.25) is 0 Å². The molecular formula is C7H15NO. The second kappa shape index (κ2) is 2.67. The minimum atomic E-state index is -0.0694. The fraction of sp³-hybridized carbons (Fsp3) is 1.00. The molecule has 0 aromatic heterocycles. The highest BCUT2D eigenvalue weighted by molar-refractivity contribution is 4.81. The second-order valence-corrected chi connectivity index (χ2v) is 3.03. The minimum absolute atomic E-state index is 0.0694. The summed E-state index contributed by atoms with van der Waals surface area (Å²) in [6.45, 7) is 0. The quantitative estimate of drug-likeness (QED) is 0.556. The lowest BCUT2D eigenvalue weighted by atomic mass is 10.2. The summed E-state index contributed by atoms with van der Waals surface area (Å²) < 4.78 is 0. The molecule has 0 bridgehead atoms. The van der Waals surface area contributed by atoms with Gasteiger partial charge in [-0.1, -0.05) is 0 Å². The molecule has 2 atom stereocenters. The Morgan fingerprint density at radius 1 is 1.33 bits per heavy atom. The van der Waals surface area contributed by atoms with Crippen LogP contribution >= 0.6 is 0 Å². The molecule has 2 heteroatoms. The predicted molar refractivity (Wildman–Crippen MR) is 37.3 cm³/mol.